The molecule has 1 aromatic rings. The third kappa shape index (κ3) is 2.05. The Balaban J connectivity index is 1.52. The third-order valence-corrected chi connectivity index (χ3v) is 5.58. The summed E-state index contributed by atoms with van der Waals surface area (Å²) in [6, 6.07) is 4.83. The van der Waals surface area contributed by atoms with Crippen LogP contribution in [0.2, 0.25) is 0 Å². The number of nitrogens with two attached hydrogens (primary N) is 1. The van der Waals surface area contributed by atoms with Crippen molar-refractivity contribution in [3.63, 3.8) is 0 Å². The van der Waals surface area contributed by atoms with Gasteiger partial charge in [-0.3, -0.25) is 0 Å². The molecular formula is C14H21NS. The van der Waals surface area contributed by atoms with Crippen LogP contribution in [0.25, 0.3) is 0 Å². The molecule has 88 valence electrons. The fourth-order valence-corrected chi connectivity index (χ4v) is 4.52. The zero-order chi connectivity index (χ0) is 11.0. The van der Waals surface area contributed by atoms with Crippen molar-refractivity contribution in [2.75, 3.05) is 0 Å². The molecule has 2 aliphatic rings. The summed E-state index contributed by atoms with van der Waals surface area (Å²) in [5.41, 5.74) is 6.39. The first-order valence-electron chi connectivity index (χ1n) is 6.61. The van der Waals surface area contributed by atoms with Crippen molar-refractivity contribution in [2.24, 2.45) is 23.5 Å². The van der Waals surface area contributed by atoms with Gasteiger partial charge in [0.1, 0.15) is 0 Å². The first kappa shape index (κ1) is 10.8. The van der Waals surface area contributed by atoms with E-state index in [0.29, 0.717) is 6.04 Å². The molecular weight excluding hydrogens is 214 g/mol. The van der Waals surface area contributed by atoms with Crippen LogP contribution >= 0.6 is 11.3 Å². The van der Waals surface area contributed by atoms with E-state index >= 15 is 0 Å². The summed E-state index contributed by atoms with van der Waals surface area (Å²) in [5.74, 6) is 2.85. The van der Waals surface area contributed by atoms with Gasteiger partial charge in [0.25, 0.3) is 0 Å². The van der Waals surface area contributed by atoms with Gasteiger partial charge in [-0.25, -0.2) is 0 Å². The average molecular weight is 235 g/mol. The second-order valence-electron chi connectivity index (χ2n) is 5.62. The minimum Gasteiger partial charge on any atom is -0.327 e. The van der Waals surface area contributed by atoms with Crippen molar-refractivity contribution in [2.45, 2.75) is 44.6 Å². The van der Waals surface area contributed by atoms with E-state index in [-0.39, 0.29) is 0 Å². The molecule has 0 spiro atoms. The summed E-state index contributed by atoms with van der Waals surface area (Å²) in [4.78, 5) is 1.50. The summed E-state index contributed by atoms with van der Waals surface area (Å²) in [6.07, 6.45) is 8.23. The minimum atomic E-state index is 0.456. The van der Waals surface area contributed by atoms with Crippen molar-refractivity contribution >= 4 is 11.3 Å². The average Bonchev–Trinajstić information content (AvgIpc) is 3.01. The van der Waals surface area contributed by atoms with Gasteiger partial charge in [0.2, 0.25) is 0 Å². The lowest BCUT2D eigenvalue weighted by Gasteiger charge is -2.27. The lowest BCUT2D eigenvalue weighted by Crippen LogP contribution is -2.33. The first-order valence-corrected chi connectivity index (χ1v) is 7.49. The van der Waals surface area contributed by atoms with Gasteiger partial charge in [0.15, 0.2) is 0 Å². The van der Waals surface area contributed by atoms with Gasteiger partial charge < -0.3 is 5.73 Å². The van der Waals surface area contributed by atoms with E-state index < -0.39 is 0 Å². The molecule has 4 atom stereocenters. The Morgan fingerprint density at radius 2 is 2.31 bits per heavy atom. The van der Waals surface area contributed by atoms with E-state index in [2.05, 4.69) is 17.5 Å². The second-order valence-corrected chi connectivity index (χ2v) is 6.65. The molecule has 0 aliphatic heterocycles. The number of rotatable bonds is 4. The Kier molecular flexibility index (Phi) is 3.03. The first-order chi connectivity index (χ1) is 7.83. The van der Waals surface area contributed by atoms with Crippen molar-refractivity contribution in [3.05, 3.63) is 22.4 Å². The van der Waals surface area contributed by atoms with Crippen LogP contribution < -0.4 is 5.73 Å². The fraction of sp³-hybridized carbons (Fsp3) is 0.714. The predicted molar refractivity (Wildman–Crippen MR) is 69.6 cm³/mol. The quantitative estimate of drug-likeness (QED) is 0.850. The smallest absolute Gasteiger partial charge is 0.00733 e. The molecule has 2 saturated carbocycles. The molecule has 4 unspecified atom stereocenters. The van der Waals surface area contributed by atoms with Gasteiger partial charge in [-0.1, -0.05) is 12.5 Å². The molecule has 2 bridgehead atoms. The number of hydrogen-bond donors (Lipinski definition) is 1. The maximum Gasteiger partial charge on any atom is 0.00733 e. The zero-order valence-electron chi connectivity index (χ0n) is 9.77. The highest BCUT2D eigenvalue weighted by Gasteiger charge is 2.41. The van der Waals surface area contributed by atoms with Crippen LogP contribution in [0.3, 0.4) is 0 Å². The van der Waals surface area contributed by atoms with E-state index in [0.717, 1.165) is 17.8 Å². The Morgan fingerprint density at radius 3 is 2.94 bits per heavy atom. The topological polar surface area (TPSA) is 26.0 Å². The van der Waals surface area contributed by atoms with Crippen LogP contribution in [0.15, 0.2) is 17.5 Å². The summed E-state index contributed by atoms with van der Waals surface area (Å²) in [6.45, 7) is 0. The normalized spacial score (nSPS) is 34.4. The molecule has 1 heterocycles. The maximum atomic E-state index is 6.39. The second kappa shape index (κ2) is 4.50. The molecule has 2 fully saturated rings. The molecule has 2 aliphatic carbocycles. The lowest BCUT2D eigenvalue weighted by atomic mass is 9.82. The van der Waals surface area contributed by atoms with Crippen molar-refractivity contribution in [1.29, 1.82) is 0 Å². The Labute approximate surface area is 102 Å². The van der Waals surface area contributed by atoms with Crippen molar-refractivity contribution in [1.82, 2.24) is 0 Å². The molecule has 0 radical (unpaired) electrons. The number of aryl methyl sites for hydroxylation is 1. The van der Waals surface area contributed by atoms with Gasteiger partial charge >= 0.3 is 0 Å². The molecule has 0 amide bonds. The van der Waals surface area contributed by atoms with Crippen LogP contribution in [0.4, 0.5) is 0 Å². The zero-order valence-corrected chi connectivity index (χ0v) is 10.6. The maximum absolute atomic E-state index is 6.39. The monoisotopic (exact) mass is 235 g/mol. The SMILES string of the molecule is NC(CCc1cccs1)C1CC2CCC1C2. The van der Waals surface area contributed by atoms with Gasteiger partial charge in [-0.05, 0) is 61.3 Å². The van der Waals surface area contributed by atoms with E-state index in [9.17, 15) is 0 Å². The van der Waals surface area contributed by atoms with Gasteiger partial charge in [-0.2, -0.15) is 0 Å². The fourth-order valence-electron chi connectivity index (χ4n) is 3.80. The van der Waals surface area contributed by atoms with E-state index in [1.165, 1.54) is 43.4 Å². The van der Waals surface area contributed by atoms with Crippen molar-refractivity contribution < 1.29 is 0 Å². The molecule has 2 N–H and O–H groups in total. The highest BCUT2D eigenvalue weighted by molar-refractivity contribution is 7.09. The van der Waals surface area contributed by atoms with E-state index in [1.54, 1.807) is 0 Å². The van der Waals surface area contributed by atoms with Crippen molar-refractivity contribution in [3.8, 4) is 0 Å². The molecule has 1 nitrogen and oxygen atoms in total. The molecule has 3 rings (SSSR count). The molecule has 0 saturated heterocycles. The number of hydrogen-bond acceptors (Lipinski definition) is 2. The highest BCUT2D eigenvalue weighted by Crippen LogP contribution is 2.49. The Bertz CT molecular complexity index is 333. The number of thiophene rings is 1. The summed E-state index contributed by atoms with van der Waals surface area (Å²) < 4.78 is 0. The molecule has 0 aromatic carbocycles. The Hall–Kier alpha value is -0.340. The van der Waals surface area contributed by atoms with E-state index in [1.807, 2.05) is 11.3 Å². The summed E-state index contributed by atoms with van der Waals surface area (Å²) in [7, 11) is 0. The van der Waals surface area contributed by atoms with Crippen LogP contribution in [0.1, 0.15) is 37.0 Å². The van der Waals surface area contributed by atoms with Gasteiger partial charge in [0, 0.05) is 10.9 Å². The van der Waals surface area contributed by atoms with Gasteiger partial charge in [0.05, 0.1) is 0 Å². The Morgan fingerprint density at radius 1 is 1.38 bits per heavy atom. The largest absolute Gasteiger partial charge is 0.327 e. The lowest BCUT2D eigenvalue weighted by molar-refractivity contribution is 0.273. The molecule has 1 aromatic heterocycles. The standard InChI is InChI=1S/C14H21NS/c15-14(6-5-12-2-1-7-16-12)13-9-10-3-4-11(13)8-10/h1-2,7,10-11,13-14H,3-6,8-9,15H2. The molecule has 2 heteroatoms. The van der Waals surface area contributed by atoms with Crippen LogP contribution in [-0.2, 0) is 6.42 Å². The predicted octanol–water partition coefficient (Wildman–Crippen LogP) is 3.44. The van der Waals surface area contributed by atoms with Crippen LogP contribution in [-0.4, -0.2) is 6.04 Å². The number of fused-ring (bicyclic) bond motifs is 2. The highest BCUT2D eigenvalue weighted by atomic mass is 32.1. The van der Waals surface area contributed by atoms with Gasteiger partial charge in [-0.15, -0.1) is 11.3 Å². The van der Waals surface area contributed by atoms with Crippen LogP contribution in [0.5, 0.6) is 0 Å². The molecule has 16 heavy (non-hydrogen) atoms. The third-order valence-electron chi connectivity index (χ3n) is 4.65. The summed E-state index contributed by atoms with van der Waals surface area (Å²) >= 11 is 1.87. The van der Waals surface area contributed by atoms with Crippen LogP contribution in [0, 0.1) is 17.8 Å². The van der Waals surface area contributed by atoms with E-state index in [4.69, 9.17) is 5.73 Å². The summed E-state index contributed by atoms with van der Waals surface area (Å²) in [5, 5.41) is 2.17. The minimum absolute atomic E-state index is 0.456.